The number of carbonyl (C=O) groups is 1. The second-order valence-corrected chi connectivity index (χ2v) is 4.48. The number of methoxy groups -OCH3 is 1. The molecule has 0 unspecified atom stereocenters. The summed E-state index contributed by atoms with van der Waals surface area (Å²) < 4.78 is 10.7. The molecule has 0 bridgehead atoms. The molecule has 0 aliphatic heterocycles. The molecule has 0 saturated carbocycles. The van der Waals surface area contributed by atoms with Crippen LogP contribution in [0.25, 0.3) is 0 Å². The van der Waals surface area contributed by atoms with Crippen molar-refractivity contribution in [3.63, 3.8) is 0 Å². The van der Waals surface area contributed by atoms with Crippen LogP contribution < -0.4 is 5.73 Å². The van der Waals surface area contributed by atoms with E-state index in [4.69, 9.17) is 15.2 Å². The summed E-state index contributed by atoms with van der Waals surface area (Å²) >= 11 is 0. The maximum absolute atomic E-state index is 11.5. The van der Waals surface area contributed by atoms with Crippen molar-refractivity contribution in [2.75, 3.05) is 7.11 Å². The summed E-state index contributed by atoms with van der Waals surface area (Å²) in [7, 11) is 1.39. The number of carbonyl (C=O) groups excluding carboxylic acids is 1. The van der Waals surface area contributed by atoms with Gasteiger partial charge in [0.1, 0.15) is 0 Å². The molecule has 1 aliphatic rings. The molecular formula is C13H23NO3. The summed E-state index contributed by atoms with van der Waals surface area (Å²) in [5.74, 6) is -0.293. The minimum absolute atomic E-state index is 0.0361. The van der Waals surface area contributed by atoms with Crippen LogP contribution >= 0.6 is 0 Å². The first kappa shape index (κ1) is 14.2. The Bertz CT molecular complexity index is 284. The first-order valence-electron chi connectivity index (χ1n) is 6.30. The minimum Gasteiger partial charge on any atom is -0.466 e. The molecule has 1 rings (SSSR count). The van der Waals surface area contributed by atoms with Gasteiger partial charge in [-0.1, -0.05) is 19.9 Å². The van der Waals surface area contributed by atoms with Gasteiger partial charge in [-0.25, -0.2) is 4.79 Å². The summed E-state index contributed by atoms with van der Waals surface area (Å²) in [6.07, 6.45) is 5.43. The van der Waals surface area contributed by atoms with Gasteiger partial charge in [0.15, 0.2) is 0 Å². The lowest BCUT2D eigenvalue weighted by molar-refractivity contribution is -0.137. The van der Waals surface area contributed by atoms with E-state index in [9.17, 15) is 4.79 Å². The maximum Gasteiger partial charge on any atom is 0.333 e. The Morgan fingerprint density at radius 2 is 2.18 bits per heavy atom. The second-order valence-electron chi connectivity index (χ2n) is 4.48. The fraction of sp³-hybridized carbons (Fsp3) is 0.769. The minimum atomic E-state index is -0.293. The number of rotatable bonds is 5. The lowest BCUT2D eigenvalue weighted by Crippen LogP contribution is -2.34. The van der Waals surface area contributed by atoms with Gasteiger partial charge in [-0.05, 0) is 19.3 Å². The van der Waals surface area contributed by atoms with E-state index in [1.807, 2.05) is 0 Å². The molecule has 0 amide bonds. The molecule has 4 heteroatoms. The Hall–Kier alpha value is -0.870. The molecule has 2 atom stereocenters. The zero-order valence-corrected chi connectivity index (χ0v) is 10.9. The van der Waals surface area contributed by atoms with Crippen LogP contribution in [-0.4, -0.2) is 31.3 Å². The van der Waals surface area contributed by atoms with Gasteiger partial charge < -0.3 is 15.2 Å². The highest BCUT2D eigenvalue weighted by Crippen LogP contribution is 2.23. The molecule has 0 aromatic rings. The summed E-state index contributed by atoms with van der Waals surface area (Å²) in [4.78, 5) is 11.5. The van der Waals surface area contributed by atoms with Gasteiger partial charge in [-0.15, -0.1) is 0 Å². The Balaban J connectivity index is 2.61. The van der Waals surface area contributed by atoms with Crippen molar-refractivity contribution in [1.29, 1.82) is 0 Å². The molecule has 1 aliphatic carbocycles. The predicted octanol–water partition coefficient (Wildman–Crippen LogP) is 1.78. The Morgan fingerprint density at radius 1 is 1.53 bits per heavy atom. The van der Waals surface area contributed by atoms with E-state index in [1.54, 1.807) is 6.08 Å². The molecule has 0 aromatic carbocycles. The van der Waals surface area contributed by atoms with Crippen molar-refractivity contribution < 1.29 is 14.3 Å². The van der Waals surface area contributed by atoms with Crippen molar-refractivity contribution in [3.05, 3.63) is 11.6 Å². The third kappa shape index (κ3) is 4.13. The maximum atomic E-state index is 11.5. The monoisotopic (exact) mass is 241 g/mol. The van der Waals surface area contributed by atoms with Crippen LogP contribution in [0.15, 0.2) is 11.6 Å². The van der Waals surface area contributed by atoms with E-state index < -0.39 is 0 Å². The molecule has 0 fully saturated rings. The van der Waals surface area contributed by atoms with E-state index in [-0.39, 0.29) is 24.2 Å². The van der Waals surface area contributed by atoms with Crippen molar-refractivity contribution in [2.45, 2.75) is 57.8 Å². The van der Waals surface area contributed by atoms with E-state index in [0.29, 0.717) is 12.0 Å². The number of ether oxygens (including phenoxy) is 2. The lowest BCUT2D eigenvalue weighted by atomic mass is 9.93. The van der Waals surface area contributed by atoms with Crippen LogP contribution in [0, 0.1) is 0 Å². The Labute approximate surface area is 103 Å². The van der Waals surface area contributed by atoms with E-state index in [0.717, 1.165) is 19.3 Å². The molecule has 0 spiro atoms. The first-order valence-corrected chi connectivity index (χ1v) is 6.30. The number of hydrogen-bond donors (Lipinski definition) is 1. The highest BCUT2D eigenvalue weighted by molar-refractivity contribution is 5.88. The summed E-state index contributed by atoms with van der Waals surface area (Å²) in [5.41, 5.74) is 6.54. The Kier molecular flexibility index (Phi) is 5.65. The largest absolute Gasteiger partial charge is 0.466 e. The smallest absolute Gasteiger partial charge is 0.333 e. The first-order chi connectivity index (χ1) is 8.10. The van der Waals surface area contributed by atoms with Gasteiger partial charge in [-0.2, -0.15) is 0 Å². The highest BCUT2D eigenvalue weighted by atomic mass is 16.5. The van der Waals surface area contributed by atoms with Crippen LogP contribution in [0.2, 0.25) is 0 Å². The second kappa shape index (κ2) is 6.77. The fourth-order valence-electron chi connectivity index (χ4n) is 2.17. The van der Waals surface area contributed by atoms with E-state index in [2.05, 4.69) is 13.8 Å². The Morgan fingerprint density at radius 3 is 2.71 bits per heavy atom. The molecule has 0 aromatic heterocycles. The van der Waals surface area contributed by atoms with Crippen molar-refractivity contribution in [3.8, 4) is 0 Å². The van der Waals surface area contributed by atoms with Crippen molar-refractivity contribution >= 4 is 5.97 Å². The van der Waals surface area contributed by atoms with Gasteiger partial charge in [0.25, 0.3) is 0 Å². The van der Waals surface area contributed by atoms with Gasteiger partial charge in [0.2, 0.25) is 0 Å². The lowest BCUT2D eigenvalue weighted by Gasteiger charge is -2.29. The summed E-state index contributed by atoms with van der Waals surface area (Å²) in [5, 5.41) is 0. The average Bonchev–Trinajstić information content (AvgIpc) is 2.34. The molecule has 4 nitrogen and oxygen atoms in total. The van der Waals surface area contributed by atoms with Crippen molar-refractivity contribution in [2.24, 2.45) is 5.73 Å². The molecular weight excluding hydrogens is 218 g/mol. The van der Waals surface area contributed by atoms with Gasteiger partial charge in [-0.3, -0.25) is 0 Å². The van der Waals surface area contributed by atoms with Crippen LogP contribution in [0.3, 0.4) is 0 Å². The third-order valence-corrected chi connectivity index (χ3v) is 3.14. The van der Waals surface area contributed by atoms with Crippen LogP contribution in [0.5, 0.6) is 0 Å². The van der Waals surface area contributed by atoms with Gasteiger partial charge >= 0.3 is 5.97 Å². The van der Waals surface area contributed by atoms with Crippen LogP contribution in [0.1, 0.15) is 39.5 Å². The third-order valence-electron chi connectivity index (χ3n) is 3.14. The van der Waals surface area contributed by atoms with Gasteiger partial charge in [0, 0.05) is 18.0 Å². The summed E-state index contributed by atoms with van der Waals surface area (Å²) in [6, 6.07) is -0.114. The quantitative estimate of drug-likeness (QED) is 0.745. The normalized spacial score (nSPS) is 24.6. The standard InChI is InChI=1S/C13H23NO3/c1-4-11(5-2)17-12-7-9(13(15)16-3)6-10(14)8-12/h6,10-12H,4-5,7-8,14H2,1-3H3/t10-,12+/m0/s1. The fourth-order valence-corrected chi connectivity index (χ4v) is 2.17. The van der Waals surface area contributed by atoms with E-state index >= 15 is 0 Å². The van der Waals surface area contributed by atoms with Crippen LogP contribution in [-0.2, 0) is 14.3 Å². The number of nitrogens with two attached hydrogens (primary N) is 1. The zero-order chi connectivity index (χ0) is 12.8. The zero-order valence-electron chi connectivity index (χ0n) is 10.9. The number of hydrogen-bond acceptors (Lipinski definition) is 4. The molecule has 2 N–H and O–H groups in total. The molecule has 98 valence electrons. The average molecular weight is 241 g/mol. The SMILES string of the molecule is CCC(CC)O[C@@H]1CC(C(=O)OC)=C[C@H](N)C1. The highest BCUT2D eigenvalue weighted by Gasteiger charge is 2.26. The van der Waals surface area contributed by atoms with Gasteiger partial charge in [0.05, 0.1) is 19.3 Å². The number of esters is 1. The predicted molar refractivity (Wildman–Crippen MR) is 66.6 cm³/mol. The van der Waals surface area contributed by atoms with Crippen molar-refractivity contribution in [1.82, 2.24) is 0 Å². The molecule has 0 heterocycles. The summed E-state index contributed by atoms with van der Waals surface area (Å²) in [6.45, 7) is 4.21. The molecule has 0 radical (unpaired) electrons. The molecule has 0 saturated heterocycles. The molecule has 17 heavy (non-hydrogen) atoms. The van der Waals surface area contributed by atoms with Crippen LogP contribution in [0.4, 0.5) is 0 Å². The topological polar surface area (TPSA) is 61.5 Å². The van der Waals surface area contributed by atoms with E-state index in [1.165, 1.54) is 7.11 Å².